The van der Waals surface area contributed by atoms with Gasteiger partial charge in [0.25, 0.3) is 0 Å². The molecule has 0 radical (unpaired) electrons. The predicted octanol–water partition coefficient (Wildman–Crippen LogP) is 5.60. The second-order valence-electron chi connectivity index (χ2n) is 6.51. The van der Waals surface area contributed by atoms with Crippen molar-refractivity contribution in [3.8, 4) is 10.6 Å². The van der Waals surface area contributed by atoms with E-state index in [9.17, 15) is 4.39 Å². The van der Waals surface area contributed by atoms with E-state index in [4.69, 9.17) is 5.10 Å². The van der Waals surface area contributed by atoms with Crippen LogP contribution in [-0.4, -0.2) is 25.0 Å². The maximum Gasteiger partial charge on any atom is 0.211 e. The maximum absolute atomic E-state index is 13.2. The molecular weight excluding hydrogens is 403 g/mol. The zero-order chi connectivity index (χ0) is 20.2. The molecular formula is C22H19FN4S2. The molecule has 4 rings (SSSR count). The van der Waals surface area contributed by atoms with Gasteiger partial charge in [0.05, 0.1) is 22.5 Å². The highest BCUT2D eigenvalue weighted by Crippen LogP contribution is 2.25. The molecule has 0 aliphatic rings. The Bertz CT molecular complexity index is 1170. The Morgan fingerprint density at radius 1 is 0.966 bits per heavy atom. The molecule has 0 atom stereocenters. The lowest BCUT2D eigenvalue weighted by Crippen LogP contribution is -2.11. The molecule has 2 heterocycles. The van der Waals surface area contributed by atoms with Crippen molar-refractivity contribution in [3.63, 3.8) is 0 Å². The fourth-order valence-electron chi connectivity index (χ4n) is 2.69. The van der Waals surface area contributed by atoms with Crippen LogP contribution in [0.1, 0.15) is 5.56 Å². The zero-order valence-electron chi connectivity index (χ0n) is 16.0. The van der Waals surface area contributed by atoms with E-state index in [1.54, 1.807) is 23.5 Å². The van der Waals surface area contributed by atoms with Crippen LogP contribution in [0.25, 0.3) is 10.6 Å². The van der Waals surface area contributed by atoms with E-state index in [1.807, 2.05) is 53.9 Å². The van der Waals surface area contributed by atoms with E-state index < -0.39 is 0 Å². The highest BCUT2D eigenvalue weighted by molar-refractivity contribution is 7.14. The molecule has 2 aromatic heterocycles. The molecule has 0 N–H and O–H groups in total. The third-order valence-corrected chi connectivity index (χ3v) is 5.95. The Morgan fingerprint density at radius 3 is 2.38 bits per heavy atom. The van der Waals surface area contributed by atoms with E-state index in [2.05, 4.69) is 28.1 Å². The van der Waals surface area contributed by atoms with Crippen molar-refractivity contribution in [3.05, 3.63) is 87.6 Å². The van der Waals surface area contributed by atoms with E-state index in [-0.39, 0.29) is 5.82 Å². The molecule has 0 amide bonds. The summed E-state index contributed by atoms with van der Waals surface area (Å²) in [5, 5.41) is 8.79. The number of rotatable bonds is 5. The first kappa shape index (κ1) is 19.3. The molecule has 2 aromatic carbocycles. The Kier molecular flexibility index (Phi) is 5.69. The highest BCUT2D eigenvalue weighted by atomic mass is 32.1. The van der Waals surface area contributed by atoms with Crippen molar-refractivity contribution in [1.29, 1.82) is 0 Å². The number of halogens is 1. The molecule has 0 fully saturated rings. The Morgan fingerprint density at radius 2 is 1.72 bits per heavy atom. The van der Waals surface area contributed by atoms with Gasteiger partial charge in [0.2, 0.25) is 4.80 Å². The Labute approximate surface area is 176 Å². The first-order chi connectivity index (χ1) is 14.1. The largest absolute Gasteiger partial charge is 0.378 e. The lowest BCUT2D eigenvalue weighted by Gasteiger charge is -2.11. The lowest BCUT2D eigenvalue weighted by atomic mass is 10.2. The molecule has 4 aromatic rings. The van der Waals surface area contributed by atoms with Crippen LogP contribution in [-0.2, 0) is 0 Å². The van der Waals surface area contributed by atoms with E-state index in [0.29, 0.717) is 5.69 Å². The summed E-state index contributed by atoms with van der Waals surface area (Å²) in [6.45, 7) is 0. The summed E-state index contributed by atoms with van der Waals surface area (Å²) in [7, 11) is 4.03. The highest BCUT2D eigenvalue weighted by Gasteiger charge is 2.08. The average molecular weight is 423 g/mol. The van der Waals surface area contributed by atoms with Gasteiger partial charge in [0.15, 0.2) is 0 Å². The second kappa shape index (κ2) is 8.55. The summed E-state index contributed by atoms with van der Waals surface area (Å²) < 4.78 is 15.0. The molecule has 0 aliphatic carbocycles. The van der Waals surface area contributed by atoms with Crippen LogP contribution < -0.4 is 9.70 Å². The minimum absolute atomic E-state index is 0.276. The van der Waals surface area contributed by atoms with Gasteiger partial charge in [-0.2, -0.15) is 5.10 Å². The monoisotopic (exact) mass is 422 g/mol. The van der Waals surface area contributed by atoms with Gasteiger partial charge in [-0.05, 0) is 53.4 Å². The summed E-state index contributed by atoms with van der Waals surface area (Å²) in [6, 6.07) is 18.4. The van der Waals surface area contributed by atoms with Gasteiger partial charge in [-0.1, -0.05) is 18.2 Å². The molecule has 0 unspecified atom stereocenters. The molecule has 0 bridgehead atoms. The van der Waals surface area contributed by atoms with Crippen LogP contribution in [0.5, 0.6) is 0 Å². The number of hydrogen-bond donors (Lipinski definition) is 0. The molecule has 0 aliphatic heterocycles. The van der Waals surface area contributed by atoms with Gasteiger partial charge in [-0.25, -0.2) is 14.1 Å². The number of aromatic nitrogens is 1. The van der Waals surface area contributed by atoms with Gasteiger partial charge in [-0.3, -0.25) is 0 Å². The second-order valence-corrected chi connectivity index (χ2v) is 8.30. The van der Waals surface area contributed by atoms with Crippen molar-refractivity contribution in [1.82, 2.24) is 4.68 Å². The maximum atomic E-state index is 13.2. The molecule has 0 spiro atoms. The smallest absolute Gasteiger partial charge is 0.211 e. The van der Waals surface area contributed by atoms with Crippen LogP contribution in [0.4, 0.5) is 15.8 Å². The predicted molar refractivity (Wildman–Crippen MR) is 121 cm³/mol. The van der Waals surface area contributed by atoms with Crippen LogP contribution in [0.3, 0.4) is 0 Å². The van der Waals surface area contributed by atoms with Gasteiger partial charge in [-0.15, -0.1) is 22.7 Å². The van der Waals surface area contributed by atoms with E-state index in [1.165, 1.54) is 23.5 Å². The Hall–Kier alpha value is -3.03. The molecule has 0 saturated carbocycles. The summed E-state index contributed by atoms with van der Waals surface area (Å²) >= 11 is 3.16. The normalized spacial score (nSPS) is 12.0. The van der Waals surface area contributed by atoms with E-state index in [0.717, 1.165) is 26.6 Å². The fourth-order valence-corrected chi connectivity index (χ4v) is 4.34. The Balaban J connectivity index is 1.75. The van der Waals surface area contributed by atoms with Crippen LogP contribution >= 0.6 is 22.7 Å². The quantitative estimate of drug-likeness (QED) is 0.386. The summed E-state index contributed by atoms with van der Waals surface area (Å²) in [6.07, 6.45) is 1.83. The van der Waals surface area contributed by atoms with Gasteiger partial charge >= 0.3 is 0 Å². The molecule has 0 saturated heterocycles. The number of anilines is 1. The standard InChI is InChI=1S/C22H19FN4S2/c1-26(2)19-11-5-16(6-12-19)14-24-27-20(21-4-3-13-28-21)15-29-22(27)25-18-9-7-17(23)8-10-18/h3-15H,1-2H3. The SMILES string of the molecule is CN(C)c1ccc(C=Nn2c(-c3cccs3)csc2=Nc2ccc(F)cc2)cc1. The van der Waals surface area contributed by atoms with Crippen LogP contribution in [0, 0.1) is 5.82 Å². The minimum Gasteiger partial charge on any atom is -0.378 e. The number of nitrogens with zero attached hydrogens (tertiary/aromatic N) is 4. The van der Waals surface area contributed by atoms with Gasteiger partial charge < -0.3 is 4.90 Å². The topological polar surface area (TPSA) is 32.9 Å². The molecule has 29 heavy (non-hydrogen) atoms. The molecule has 4 nitrogen and oxygen atoms in total. The van der Waals surface area contributed by atoms with Crippen molar-refractivity contribution in [2.24, 2.45) is 10.1 Å². The molecule has 7 heteroatoms. The number of thiazole rings is 1. The summed E-state index contributed by atoms with van der Waals surface area (Å²) in [5.74, 6) is -0.276. The number of benzene rings is 2. The van der Waals surface area contributed by atoms with Crippen LogP contribution in [0.2, 0.25) is 0 Å². The third-order valence-electron chi connectivity index (χ3n) is 4.24. The van der Waals surface area contributed by atoms with Crippen molar-refractivity contribution in [2.45, 2.75) is 0 Å². The van der Waals surface area contributed by atoms with Gasteiger partial charge in [0.1, 0.15) is 5.82 Å². The van der Waals surface area contributed by atoms with Crippen molar-refractivity contribution >= 4 is 40.3 Å². The number of hydrogen-bond acceptors (Lipinski definition) is 5. The minimum atomic E-state index is -0.276. The number of thiophene rings is 1. The van der Waals surface area contributed by atoms with Crippen molar-refractivity contribution < 1.29 is 4.39 Å². The lowest BCUT2D eigenvalue weighted by molar-refractivity contribution is 0.628. The third kappa shape index (κ3) is 4.52. The summed E-state index contributed by atoms with van der Waals surface area (Å²) in [4.78, 5) is 8.56. The average Bonchev–Trinajstić information content (AvgIpc) is 3.38. The van der Waals surface area contributed by atoms with Crippen molar-refractivity contribution in [2.75, 3.05) is 19.0 Å². The summed E-state index contributed by atoms with van der Waals surface area (Å²) in [5.41, 5.74) is 3.80. The van der Waals surface area contributed by atoms with E-state index >= 15 is 0 Å². The first-order valence-corrected chi connectivity index (χ1v) is 10.7. The van der Waals surface area contributed by atoms with Gasteiger partial charge in [0, 0.05) is 25.2 Å². The zero-order valence-corrected chi connectivity index (χ0v) is 17.6. The van der Waals surface area contributed by atoms with Crippen LogP contribution in [0.15, 0.2) is 81.5 Å². The first-order valence-electron chi connectivity index (χ1n) is 8.96. The molecule has 146 valence electrons. The fraction of sp³-hybridized carbons (Fsp3) is 0.0909.